The predicted molar refractivity (Wildman–Crippen MR) is 150 cm³/mol. The summed E-state index contributed by atoms with van der Waals surface area (Å²) in [5.41, 5.74) is 3.95. The first-order valence-corrected chi connectivity index (χ1v) is 15.3. The van der Waals surface area contributed by atoms with Crippen LogP contribution in [0.5, 0.6) is 0 Å². The molecule has 0 radical (unpaired) electrons. The minimum absolute atomic E-state index is 0.553. The van der Waals surface area contributed by atoms with E-state index in [1.54, 1.807) is 0 Å². The highest BCUT2D eigenvalue weighted by Gasteiger charge is 2.44. The molecule has 1 rings (SSSR count). The summed E-state index contributed by atoms with van der Waals surface area (Å²) in [6, 6.07) is 10.4. The van der Waals surface area contributed by atoms with E-state index in [9.17, 15) is 0 Å². The first kappa shape index (κ1) is 30.6. The Bertz CT molecular complexity index is 667. The maximum absolute atomic E-state index is 6.74. The minimum atomic E-state index is -3.15. The summed E-state index contributed by atoms with van der Waals surface area (Å²) in [4.78, 5) is 0. The van der Waals surface area contributed by atoms with Gasteiger partial charge in [-0.3, -0.25) is 0 Å². The summed E-state index contributed by atoms with van der Waals surface area (Å²) >= 11 is 0. The van der Waals surface area contributed by atoms with Gasteiger partial charge in [0.1, 0.15) is 0 Å². The zero-order valence-electron chi connectivity index (χ0n) is 22.8. The summed E-state index contributed by atoms with van der Waals surface area (Å²) in [5, 5.41) is 1.04. The third-order valence-electron chi connectivity index (χ3n) is 6.00. The Kier molecular flexibility index (Phi) is 16.9. The number of hydrogen-bond donors (Lipinski definition) is 0. The number of unbranched alkanes of at least 4 members (excludes halogenated alkanes) is 3. The van der Waals surface area contributed by atoms with Crippen molar-refractivity contribution in [1.29, 1.82) is 0 Å². The molecule has 0 fully saturated rings. The number of rotatable bonds is 19. The van der Waals surface area contributed by atoms with Gasteiger partial charge in [-0.1, -0.05) is 126 Å². The fraction of sp³-hybridized carbons (Fsp3) is 0.600. The lowest BCUT2D eigenvalue weighted by molar-refractivity contribution is 0.0930. The number of allylic oxidation sites excluding steroid dienone is 3. The Morgan fingerprint density at radius 1 is 0.588 bits per heavy atom. The van der Waals surface area contributed by atoms with Crippen molar-refractivity contribution in [2.24, 2.45) is 0 Å². The van der Waals surface area contributed by atoms with Crippen LogP contribution < -0.4 is 5.19 Å². The SMILES string of the molecule is CCCC=C(CC)CO[Si](OCC(=CCCC)CC)(OCC(=CCCC)CC)c1ccccc1. The smallest absolute Gasteiger partial charge is 0.366 e. The minimum Gasteiger partial charge on any atom is -0.366 e. The second kappa shape index (κ2) is 18.8. The molecule has 1 aromatic rings. The summed E-state index contributed by atoms with van der Waals surface area (Å²) < 4.78 is 20.2. The van der Waals surface area contributed by atoms with Gasteiger partial charge in [-0.2, -0.15) is 0 Å². The van der Waals surface area contributed by atoms with Gasteiger partial charge in [0.2, 0.25) is 0 Å². The van der Waals surface area contributed by atoms with E-state index in [4.69, 9.17) is 13.3 Å². The number of benzene rings is 1. The molecule has 0 atom stereocenters. The molecule has 0 N–H and O–H groups in total. The Hall–Kier alpha value is -1.46. The molecule has 0 saturated heterocycles. The van der Waals surface area contributed by atoms with Crippen LogP contribution in [0.1, 0.15) is 99.3 Å². The molecule has 0 saturated carbocycles. The fourth-order valence-electron chi connectivity index (χ4n) is 3.54. The van der Waals surface area contributed by atoms with Gasteiger partial charge in [-0.05, 0) is 38.5 Å². The Balaban J connectivity index is 3.32. The molecule has 0 unspecified atom stereocenters. The van der Waals surface area contributed by atoms with Crippen LogP contribution in [-0.4, -0.2) is 28.6 Å². The second-order valence-corrected chi connectivity index (χ2v) is 11.4. The lowest BCUT2D eigenvalue weighted by Crippen LogP contribution is -2.57. The third kappa shape index (κ3) is 11.3. The van der Waals surface area contributed by atoms with E-state index in [0.29, 0.717) is 19.8 Å². The molecular formula is C30H50O3Si. The molecule has 3 nitrogen and oxygen atoms in total. The van der Waals surface area contributed by atoms with E-state index in [-0.39, 0.29) is 0 Å². The van der Waals surface area contributed by atoms with Crippen LogP contribution in [0.2, 0.25) is 0 Å². The van der Waals surface area contributed by atoms with Gasteiger partial charge in [0.05, 0.1) is 19.8 Å². The zero-order valence-corrected chi connectivity index (χ0v) is 23.8. The van der Waals surface area contributed by atoms with Crippen molar-refractivity contribution in [3.63, 3.8) is 0 Å². The quantitative estimate of drug-likeness (QED) is 0.145. The molecule has 0 aromatic heterocycles. The van der Waals surface area contributed by atoms with Crippen molar-refractivity contribution in [3.05, 3.63) is 65.3 Å². The lowest BCUT2D eigenvalue weighted by Gasteiger charge is -2.31. The molecule has 0 amide bonds. The van der Waals surface area contributed by atoms with E-state index < -0.39 is 8.80 Å². The third-order valence-corrected chi connectivity index (χ3v) is 8.61. The van der Waals surface area contributed by atoms with Crippen LogP contribution in [0.4, 0.5) is 0 Å². The van der Waals surface area contributed by atoms with E-state index in [2.05, 4.69) is 84.0 Å². The summed E-state index contributed by atoms with van der Waals surface area (Å²) in [5.74, 6) is 0. The molecule has 34 heavy (non-hydrogen) atoms. The van der Waals surface area contributed by atoms with Crippen LogP contribution >= 0.6 is 0 Å². The van der Waals surface area contributed by atoms with Crippen molar-refractivity contribution in [2.45, 2.75) is 99.3 Å². The summed E-state index contributed by atoms with van der Waals surface area (Å²) in [7, 11) is -3.15. The first-order valence-electron chi connectivity index (χ1n) is 13.6. The van der Waals surface area contributed by atoms with Gasteiger partial charge in [-0.25, -0.2) is 0 Å². The van der Waals surface area contributed by atoms with Crippen LogP contribution in [0.25, 0.3) is 0 Å². The first-order chi connectivity index (χ1) is 16.6. The van der Waals surface area contributed by atoms with Crippen molar-refractivity contribution in [1.82, 2.24) is 0 Å². The van der Waals surface area contributed by atoms with E-state index in [1.165, 1.54) is 16.7 Å². The standard InChI is InChI=1S/C30H50O3Si/c1-7-13-19-27(10-4)24-31-34(30-22-17-16-18-23-30,32-25-28(11-5)20-14-8-2)33-26-29(12-6)21-15-9-3/h16-23H,7-15,24-26H2,1-6H3. The Morgan fingerprint density at radius 3 is 1.24 bits per heavy atom. The molecule has 0 aliphatic rings. The second-order valence-electron chi connectivity index (χ2n) is 8.80. The van der Waals surface area contributed by atoms with Gasteiger partial charge in [0.25, 0.3) is 0 Å². The van der Waals surface area contributed by atoms with Crippen molar-refractivity contribution >= 4 is 14.0 Å². The van der Waals surface area contributed by atoms with Crippen molar-refractivity contribution in [3.8, 4) is 0 Å². The van der Waals surface area contributed by atoms with Crippen molar-refractivity contribution < 1.29 is 13.3 Å². The molecule has 192 valence electrons. The van der Waals surface area contributed by atoms with Crippen LogP contribution in [0, 0.1) is 0 Å². The van der Waals surface area contributed by atoms with Gasteiger partial charge in [0, 0.05) is 5.19 Å². The molecule has 4 heteroatoms. The zero-order chi connectivity index (χ0) is 25.1. The summed E-state index contributed by atoms with van der Waals surface area (Å²) in [6.07, 6.45) is 16.6. The molecule has 0 bridgehead atoms. The largest absolute Gasteiger partial charge is 0.538 e. The van der Waals surface area contributed by atoms with Crippen LogP contribution in [0.3, 0.4) is 0 Å². The molecule has 0 heterocycles. The molecule has 0 aliphatic heterocycles. The normalized spacial score (nSPS) is 14.9. The molecular weight excluding hydrogens is 436 g/mol. The maximum atomic E-state index is 6.74. The van der Waals surface area contributed by atoms with Crippen LogP contribution in [0.15, 0.2) is 65.3 Å². The highest BCUT2D eigenvalue weighted by Crippen LogP contribution is 2.19. The highest BCUT2D eigenvalue weighted by atomic mass is 28.4. The van der Waals surface area contributed by atoms with Crippen LogP contribution in [-0.2, 0) is 13.3 Å². The Morgan fingerprint density at radius 2 is 0.941 bits per heavy atom. The maximum Gasteiger partial charge on any atom is 0.538 e. The van der Waals surface area contributed by atoms with E-state index >= 15 is 0 Å². The molecule has 0 aliphatic carbocycles. The monoisotopic (exact) mass is 486 g/mol. The fourth-order valence-corrected chi connectivity index (χ4v) is 6.02. The van der Waals surface area contributed by atoms with Crippen molar-refractivity contribution in [2.75, 3.05) is 19.8 Å². The van der Waals surface area contributed by atoms with E-state index in [0.717, 1.165) is 63.0 Å². The van der Waals surface area contributed by atoms with Gasteiger partial charge < -0.3 is 13.3 Å². The highest BCUT2D eigenvalue weighted by molar-refractivity contribution is 6.75. The predicted octanol–water partition coefficient (Wildman–Crippen LogP) is 8.29. The summed E-state index contributed by atoms with van der Waals surface area (Å²) in [6.45, 7) is 14.9. The van der Waals surface area contributed by atoms with E-state index in [1.807, 2.05) is 6.07 Å². The van der Waals surface area contributed by atoms with Gasteiger partial charge >= 0.3 is 8.80 Å². The molecule has 0 spiro atoms. The Labute approximate surface area is 211 Å². The average Bonchev–Trinajstić information content (AvgIpc) is 2.88. The topological polar surface area (TPSA) is 27.7 Å². The average molecular weight is 487 g/mol. The van der Waals surface area contributed by atoms with Gasteiger partial charge in [0.15, 0.2) is 0 Å². The van der Waals surface area contributed by atoms with Gasteiger partial charge in [-0.15, -0.1) is 0 Å². The number of hydrogen-bond acceptors (Lipinski definition) is 3. The lowest BCUT2D eigenvalue weighted by atomic mass is 10.1. The molecule has 1 aromatic carbocycles.